The van der Waals surface area contributed by atoms with Crippen molar-refractivity contribution in [3.8, 4) is 44.5 Å². The highest BCUT2D eigenvalue weighted by molar-refractivity contribution is 6.33. The topological polar surface area (TPSA) is 0 Å². The molecule has 0 saturated carbocycles. The summed E-state index contributed by atoms with van der Waals surface area (Å²) in [6.45, 7) is 0. The fourth-order valence-corrected chi connectivity index (χ4v) is 6.82. The van der Waals surface area contributed by atoms with Crippen molar-refractivity contribution in [2.75, 3.05) is 0 Å². The van der Waals surface area contributed by atoms with E-state index in [2.05, 4.69) is 48.5 Å². The average Bonchev–Trinajstić information content (AvgIpc) is 3.08. The van der Waals surface area contributed by atoms with Crippen LogP contribution in [0.15, 0.2) is 158 Å². The number of halogens is 2. The van der Waals surface area contributed by atoms with Crippen LogP contribution < -0.4 is 0 Å². The Hall–Kier alpha value is -5.60. The van der Waals surface area contributed by atoms with Gasteiger partial charge in [0.2, 0.25) is 0 Å². The van der Waals surface area contributed by atoms with Gasteiger partial charge in [0.1, 0.15) is 11.6 Å². The molecule has 0 atom stereocenters. The Balaban J connectivity index is 1.79. The molecule has 8 aromatic rings. The van der Waals surface area contributed by atoms with Crippen LogP contribution in [0.2, 0.25) is 0 Å². The molecule has 8 aromatic carbocycles. The summed E-state index contributed by atoms with van der Waals surface area (Å²) in [6.07, 6.45) is 0. The zero-order valence-electron chi connectivity index (χ0n) is 23.8. The Morgan fingerprint density at radius 3 is 0.932 bits per heavy atom. The molecular formula is C42H26F2. The molecule has 208 valence electrons. The molecule has 0 aliphatic rings. The first kappa shape index (κ1) is 26.1. The van der Waals surface area contributed by atoms with Crippen molar-refractivity contribution in [1.82, 2.24) is 0 Å². The maximum atomic E-state index is 16.0. The van der Waals surface area contributed by atoms with E-state index in [-0.39, 0.29) is 11.6 Å². The molecule has 44 heavy (non-hydrogen) atoms. The molecule has 0 radical (unpaired) electrons. The fraction of sp³-hybridized carbons (Fsp3) is 0. The largest absolute Gasteiger partial charge is 0.206 e. The third kappa shape index (κ3) is 4.03. The van der Waals surface area contributed by atoms with E-state index in [0.717, 1.165) is 65.7 Å². The van der Waals surface area contributed by atoms with Crippen molar-refractivity contribution in [2.24, 2.45) is 0 Å². The molecule has 0 amide bonds. The van der Waals surface area contributed by atoms with E-state index >= 15 is 8.78 Å². The first-order valence-corrected chi connectivity index (χ1v) is 14.8. The lowest BCUT2D eigenvalue weighted by Gasteiger charge is -2.25. The van der Waals surface area contributed by atoms with Crippen LogP contribution in [0.3, 0.4) is 0 Å². The summed E-state index contributed by atoms with van der Waals surface area (Å²) in [4.78, 5) is 0. The Morgan fingerprint density at radius 1 is 0.273 bits per heavy atom. The number of hydrogen-bond donors (Lipinski definition) is 0. The van der Waals surface area contributed by atoms with Crippen molar-refractivity contribution in [1.29, 1.82) is 0 Å². The zero-order chi connectivity index (χ0) is 29.6. The lowest BCUT2D eigenvalue weighted by atomic mass is 9.77. The van der Waals surface area contributed by atoms with Crippen LogP contribution in [0.4, 0.5) is 8.78 Å². The summed E-state index contributed by atoms with van der Waals surface area (Å²) in [7, 11) is 0. The minimum Gasteiger partial charge on any atom is -0.206 e. The van der Waals surface area contributed by atoms with Gasteiger partial charge in [-0.2, -0.15) is 0 Å². The molecule has 0 bridgehead atoms. The van der Waals surface area contributed by atoms with Gasteiger partial charge in [0.15, 0.2) is 0 Å². The average molecular weight is 569 g/mol. The third-order valence-electron chi connectivity index (χ3n) is 8.59. The summed E-state index contributed by atoms with van der Waals surface area (Å²) < 4.78 is 32.1. The van der Waals surface area contributed by atoms with Crippen molar-refractivity contribution in [3.63, 3.8) is 0 Å². The minimum atomic E-state index is -0.300. The predicted molar refractivity (Wildman–Crippen MR) is 181 cm³/mol. The van der Waals surface area contributed by atoms with E-state index in [0.29, 0.717) is 11.1 Å². The van der Waals surface area contributed by atoms with Gasteiger partial charge < -0.3 is 0 Å². The van der Waals surface area contributed by atoms with Crippen LogP contribution in [-0.4, -0.2) is 0 Å². The molecule has 0 heterocycles. The van der Waals surface area contributed by atoms with Gasteiger partial charge in [-0.25, -0.2) is 8.78 Å². The van der Waals surface area contributed by atoms with Gasteiger partial charge >= 0.3 is 0 Å². The monoisotopic (exact) mass is 568 g/mol. The highest BCUT2D eigenvalue weighted by Gasteiger charge is 2.27. The molecule has 0 unspecified atom stereocenters. The first-order chi connectivity index (χ1) is 21.7. The van der Waals surface area contributed by atoms with Gasteiger partial charge in [-0.05, 0) is 66.7 Å². The smallest absolute Gasteiger partial charge is 0.131 e. The lowest BCUT2D eigenvalue weighted by molar-refractivity contribution is 0.631. The van der Waals surface area contributed by atoms with Crippen LogP contribution in [0.25, 0.3) is 76.8 Å². The Labute approximate surface area is 254 Å². The van der Waals surface area contributed by atoms with Gasteiger partial charge in [-0.3, -0.25) is 0 Å². The summed E-state index contributed by atoms with van der Waals surface area (Å²) in [6, 6.07) is 50.9. The predicted octanol–water partition coefficient (Wildman–Crippen LogP) is 12.1. The van der Waals surface area contributed by atoms with Crippen molar-refractivity contribution >= 4 is 32.3 Å². The van der Waals surface area contributed by atoms with Crippen LogP contribution in [0.5, 0.6) is 0 Å². The normalized spacial score (nSPS) is 11.4. The van der Waals surface area contributed by atoms with E-state index in [1.165, 1.54) is 12.1 Å². The van der Waals surface area contributed by atoms with Crippen molar-refractivity contribution < 1.29 is 8.78 Å². The van der Waals surface area contributed by atoms with Crippen LogP contribution in [0, 0.1) is 11.6 Å². The molecular weight excluding hydrogens is 542 g/mol. The van der Waals surface area contributed by atoms with Gasteiger partial charge in [0.05, 0.1) is 0 Å². The molecule has 0 aliphatic heterocycles. The molecule has 0 fully saturated rings. The quantitative estimate of drug-likeness (QED) is 0.185. The van der Waals surface area contributed by atoms with Gasteiger partial charge in [-0.1, -0.05) is 146 Å². The first-order valence-electron chi connectivity index (χ1n) is 14.8. The maximum Gasteiger partial charge on any atom is 0.131 e. The van der Waals surface area contributed by atoms with Crippen molar-refractivity contribution in [3.05, 3.63) is 169 Å². The van der Waals surface area contributed by atoms with Gasteiger partial charge in [-0.15, -0.1) is 0 Å². The van der Waals surface area contributed by atoms with Crippen LogP contribution >= 0.6 is 0 Å². The molecule has 8 rings (SSSR count). The van der Waals surface area contributed by atoms with Gasteiger partial charge in [0.25, 0.3) is 0 Å². The molecule has 0 nitrogen and oxygen atoms in total. The van der Waals surface area contributed by atoms with Crippen molar-refractivity contribution in [2.45, 2.75) is 0 Å². The van der Waals surface area contributed by atoms with E-state index in [1.54, 1.807) is 12.1 Å². The van der Waals surface area contributed by atoms with E-state index in [1.807, 2.05) is 84.9 Å². The highest BCUT2D eigenvalue weighted by Crippen LogP contribution is 2.53. The molecule has 0 spiro atoms. The van der Waals surface area contributed by atoms with Gasteiger partial charge in [0, 0.05) is 22.3 Å². The highest BCUT2D eigenvalue weighted by atomic mass is 19.1. The SMILES string of the molecule is Fc1ccccc1-c1c2ccccc2c(-c2ccccc2F)c2c(-c3ccccc3)c3ccccc3c(-c3ccccc3)c12. The molecule has 0 saturated heterocycles. The fourth-order valence-electron chi connectivity index (χ4n) is 6.82. The summed E-state index contributed by atoms with van der Waals surface area (Å²) in [5, 5.41) is 5.64. The molecule has 2 heteroatoms. The molecule has 0 aliphatic carbocycles. The second-order valence-corrected chi connectivity index (χ2v) is 11.0. The minimum absolute atomic E-state index is 0.300. The second-order valence-electron chi connectivity index (χ2n) is 11.0. The van der Waals surface area contributed by atoms with E-state index < -0.39 is 0 Å². The maximum absolute atomic E-state index is 16.0. The van der Waals surface area contributed by atoms with Crippen LogP contribution in [0.1, 0.15) is 0 Å². The molecule has 0 N–H and O–H groups in total. The summed E-state index contributed by atoms with van der Waals surface area (Å²) in [5.74, 6) is -0.600. The standard InChI is InChI=1S/C42H26F2/c43-35-25-13-11-23-33(35)39-31-21-9-10-22-32(31)40(34-24-12-14-26-36(34)44)42-38(28-17-5-2-6-18-28)30-20-8-7-19-29(30)37(41(39)42)27-15-3-1-4-16-27/h1-26H. The number of rotatable bonds is 4. The Morgan fingerprint density at radius 2 is 0.568 bits per heavy atom. The summed E-state index contributed by atoms with van der Waals surface area (Å²) >= 11 is 0. The van der Waals surface area contributed by atoms with E-state index in [9.17, 15) is 0 Å². The lowest BCUT2D eigenvalue weighted by Crippen LogP contribution is -1.99. The third-order valence-corrected chi connectivity index (χ3v) is 8.59. The number of benzene rings is 8. The Kier molecular flexibility index (Phi) is 6.27. The van der Waals surface area contributed by atoms with E-state index in [4.69, 9.17) is 0 Å². The van der Waals surface area contributed by atoms with Crippen LogP contribution in [-0.2, 0) is 0 Å². The zero-order valence-corrected chi connectivity index (χ0v) is 23.8. The molecule has 0 aromatic heterocycles. The Bertz CT molecular complexity index is 2170. The number of hydrogen-bond acceptors (Lipinski definition) is 0. The summed E-state index contributed by atoms with van der Waals surface area (Å²) in [5.41, 5.74) is 6.66. The second kappa shape index (κ2) is 10.6. The number of fused-ring (bicyclic) bond motifs is 3.